The molecule has 1 atom stereocenters. The molecule has 3 aromatic carbocycles. The molecule has 6 heteroatoms. The lowest BCUT2D eigenvalue weighted by Crippen LogP contribution is -2.45. The number of nitrogens with zero attached hydrogens (tertiary/aromatic N) is 2. The van der Waals surface area contributed by atoms with E-state index in [4.69, 9.17) is 0 Å². The lowest BCUT2D eigenvalue weighted by atomic mass is 10.2. The predicted molar refractivity (Wildman–Crippen MR) is 123 cm³/mol. The number of hydrogen-bond acceptors (Lipinski definition) is 4. The maximum atomic E-state index is 13.1. The Bertz CT molecular complexity index is 1080. The average Bonchev–Trinajstić information content (AvgIpc) is 2.75. The van der Waals surface area contributed by atoms with E-state index in [1.807, 2.05) is 91.9 Å². The van der Waals surface area contributed by atoms with Gasteiger partial charge >= 0.3 is 0 Å². The monoisotopic (exact) mass is 415 g/mol. The van der Waals surface area contributed by atoms with Gasteiger partial charge in [0.15, 0.2) is 5.17 Å². The van der Waals surface area contributed by atoms with Crippen LogP contribution in [0.15, 0.2) is 89.9 Å². The van der Waals surface area contributed by atoms with Gasteiger partial charge in [0.2, 0.25) is 11.8 Å². The van der Waals surface area contributed by atoms with Crippen molar-refractivity contribution in [2.24, 2.45) is 4.99 Å². The van der Waals surface area contributed by atoms with E-state index in [9.17, 15) is 9.59 Å². The van der Waals surface area contributed by atoms with Crippen LogP contribution in [0.5, 0.6) is 0 Å². The first-order valence-electron chi connectivity index (χ1n) is 9.66. The fourth-order valence-corrected chi connectivity index (χ4v) is 4.31. The second-order valence-electron chi connectivity index (χ2n) is 6.96. The van der Waals surface area contributed by atoms with Gasteiger partial charge in [0.25, 0.3) is 0 Å². The molecule has 1 heterocycles. The molecule has 1 saturated heterocycles. The molecule has 0 spiro atoms. The smallest absolute Gasteiger partial charge is 0.238 e. The van der Waals surface area contributed by atoms with Crippen LogP contribution >= 0.6 is 11.8 Å². The Morgan fingerprint density at radius 3 is 2.40 bits per heavy atom. The fourth-order valence-electron chi connectivity index (χ4n) is 3.19. The standard InChI is InChI=1S/C24H21N3O2S/c1-17-9-8-12-19(15-17)25-23(29)21-16-22(28)27(20-13-6-3-7-14-20)24(30-21)26-18-10-4-2-5-11-18/h2-15,21H,16H2,1H3,(H,25,29)/t21-/m0/s1. The Morgan fingerprint density at radius 2 is 1.70 bits per heavy atom. The van der Waals surface area contributed by atoms with Crippen molar-refractivity contribution in [1.29, 1.82) is 0 Å². The quantitative estimate of drug-likeness (QED) is 0.640. The highest BCUT2D eigenvalue weighted by atomic mass is 32.2. The van der Waals surface area contributed by atoms with Gasteiger partial charge in [-0.05, 0) is 48.9 Å². The zero-order valence-electron chi connectivity index (χ0n) is 16.5. The van der Waals surface area contributed by atoms with Gasteiger partial charge in [-0.1, -0.05) is 60.3 Å². The first kappa shape index (κ1) is 19.9. The van der Waals surface area contributed by atoms with Crippen LogP contribution in [0.1, 0.15) is 12.0 Å². The summed E-state index contributed by atoms with van der Waals surface area (Å²) in [7, 11) is 0. The maximum Gasteiger partial charge on any atom is 0.238 e. The highest BCUT2D eigenvalue weighted by Gasteiger charge is 2.36. The zero-order chi connectivity index (χ0) is 20.9. The van der Waals surface area contributed by atoms with E-state index >= 15 is 0 Å². The minimum atomic E-state index is -0.555. The number of benzene rings is 3. The molecule has 4 rings (SSSR count). The molecule has 0 radical (unpaired) electrons. The van der Waals surface area contributed by atoms with Crippen molar-refractivity contribution in [3.63, 3.8) is 0 Å². The SMILES string of the molecule is Cc1cccc(NC(=O)[C@@H]2CC(=O)N(c3ccccc3)C(=Nc3ccccc3)S2)c1. The number of aryl methyl sites for hydroxylation is 1. The van der Waals surface area contributed by atoms with Crippen LogP contribution in [0.4, 0.5) is 17.1 Å². The van der Waals surface area contributed by atoms with Crippen LogP contribution in [-0.2, 0) is 9.59 Å². The Morgan fingerprint density at radius 1 is 1.00 bits per heavy atom. The first-order chi connectivity index (χ1) is 14.6. The molecule has 0 unspecified atom stereocenters. The molecule has 1 aliphatic rings. The lowest BCUT2D eigenvalue weighted by Gasteiger charge is -2.31. The van der Waals surface area contributed by atoms with Crippen molar-refractivity contribution < 1.29 is 9.59 Å². The van der Waals surface area contributed by atoms with Crippen LogP contribution < -0.4 is 10.2 Å². The second-order valence-corrected chi connectivity index (χ2v) is 8.13. The van der Waals surface area contributed by atoms with Crippen molar-refractivity contribution >= 4 is 45.8 Å². The highest BCUT2D eigenvalue weighted by Crippen LogP contribution is 2.33. The van der Waals surface area contributed by atoms with Gasteiger partial charge in [0, 0.05) is 12.1 Å². The third kappa shape index (κ3) is 4.60. The van der Waals surface area contributed by atoms with Gasteiger partial charge in [-0.25, -0.2) is 4.99 Å². The predicted octanol–water partition coefficient (Wildman–Crippen LogP) is 5.16. The lowest BCUT2D eigenvalue weighted by molar-refractivity contribution is -0.121. The highest BCUT2D eigenvalue weighted by molar-refractivity contribution is 8.15. The Hall–Kier alpha value is -3.38. The molecule has 2 amide bonds. The molecule has 150 valence electrons. The first-order valence-corrected chi connectivity index (χ1v) is 10.5. The Kier molecular flexibility index (Phi) is 5.95. The summed E-state index contributed by atoms with van der Waals surface area (Å²) in [5.41, 5.74) is 3.25. The Balaban J connectivity index is 1.63. The van der Waals surface area contributed by atoms with E-state index in [-0.39, 0.29) is 18.2 Å². The van der Waals surface area contributed by atoms with E-state index in [1.165, 1.54) is 11.8 Å². The average molecular weight is 416 g/mol. The molecule has 3 aromatic rings. The molecule has 30 heavy (non-hydrogen) atoms. The minimum Gasteiger partial charge on any atom is -0.325 e. The van der Waals surface area contributed by atoms with Crippen LogP contribution in [-0.4, -0.2) is 22.2 Å². The number of amides is 2. The third-order valence-electron chi connectivity index (χ3n) is 4.62. The van der Waals surface area contributed by atoms with Crippen LogP contribution in [0.3, 0.4) is 0 Å². The number of aliphatic imine (C=N–C) groups is 1. The molecule has 0 bridgehead atoms. The van der Waals surface area contributed by atoms with E-state index in [0.717, 1.165) is 22.6 Å². The summed E-state index contributed by atoms with van der Waals surface area (Å²) < 4.78 is 0. The number of carbonyl (C=O) groups is 2. The third-order valence-corrected chi connectivity index (χ3v) is 5.77. The van der Waals surface area contributed by atoms with E-state index in [0.29, 0.717) is 5.17 Å². The molecule has 0 aromatic heterocycles. The number of amidine groups is 1. The van der Waals surface area contributed by atoms with E-state index < -0.39 is 5.25 Å². The van der Waals surface area contributed by atoms with Gasteiger partial charge in [0.05, 0.1) is 11.4 Å². The number of hydrogen-bond donors (Lipinski definition) is 1. The molecule has 5 nitrogen and oxygen atoms in total. The summed E-state index contributed by atoms with van der Waals surface area (Å²) in [5.74, 6) is -0.355. The van der Waals surface area contributed by atoms with Gasteiger partial charge < -0.3 is 5.32 Å². The molecule has 1 fully saturated rings. The normalized spacial score (nSPS) is 17.8. The van der Waals surface area contributed by atoms with Crippen molar-refractivity contribution in [1.82, 2.24) is 0 Å². The van der Waals surface area contributed by atoms with Crippen LogP contribution in [0, 0.1) is 6.92 Å². The molecule has 1 aliphatic heterocycles. The van der Waals surface area contributed by atoms with Gasteiger partial charge in [-0.3, -0.25) is 14.5 Å². The minimum absolute atomic E-state index is 0.102. The van der Waals surface area contributed by atoms with Gasteiger partial charge in [-0.2, -0.15) is 0 Å². The summed E-state index contributed by atoms with van der Waals surface area (Å²) in [4.78, 5) is 32.3. The van der Waals surface area contributed by atoms with Crippen molar-refractivity contribution in [3.8, 4) is 0 Å². The van der Waals surface area contributed by atoms with Crippen molar-refractivity contribution in [2.45, 2.75) is 18.6 Å². The number of anilines is 2. The van der Waals surface area contributed by atoms with Crippen molar-refractivity contribution in [3.05, 3.63) is 90.5 Å². The summed E-state index contributed by atoms with van der Waals surface area (Å²) in [6, 6.07) is 26.4. The fraction of sp³-hybridized carbons (Fsp3) is 0.125. The summed E-state index contributed by atoms with van der Waals surface area (Å²) >= 11 is 1.31. The molecule has 0 saturated carbocycles. The number of carbonyl (C=O) groups excluding carboxylic acids is 2. The summed E-state index contributed by atoms with van der Waals surface area (Å²) in [5, 5.41) is 2.86. The molecular formula is C24H21N3O2S. The van der Waals surface area contributed by atoms with E-state index in [1.54, 1.807) is 4.90 Å². The number of nitrogens with one attached hydrogen (secondary N) is 1. The molecular weight excluding hydrogens is 394 g/mol. The Labute approximate surface area is 179 Å². The molecule has 0 aliphatic carbocycles. The van der Waals surface area contributed by atoms with E-state index in [2.05, 4.69) is 10.3 Å². The number of thioether (sulfide) groups is 1. The maximum absolute atomic E-state index is 13.1. The van der Waals surface area contributed by atoms with Crippen LogP contribution in [0.25, 0.3) is 0 Å². The topological polar surface area (TPSA) is 61.8 Å². The number of rotatable bonds is 4. The summed E-state index contributed by atoms with van der Waals surface area (Å²) in [6.45, 7) is 1.97. The molecule has 1 N–H and O–H groups in total. The number of para-hydroxylation sites is 2. The summed E-state index contributed by atoms with van der Waals surface area (Å²) in [6.07, 6.45) is 0.102. The van der Waals surface area contributed by atoms with Crippen molar-refractivity contribution in [2.75, 3.05) is 10.2 Å². The zero-order valence-corrected chi connectivity index (χ0v) is 17.3. The van der Waals surface area contributed by atoms with Gasteiger partial charge in [0.1, 0.15) is 5.25 Å². The van der Waals surface area contributed by atoms with Crippen LogP contribution in [0.2, 0.25) is 0 Å². The largest absolute Gasteiger partial charge is 0.325 e. The second kappa shape index (κ2) is 8.97. The van der Waals surface area contributed by atoms with Gasteiger partial charge in [-0.15, -0.1) is 0 Å².